The monoisotopic (exact) mass is 245 g/mol. The standard InChI is InChI=1S/C11H7ClF3N/c12-5-1-2-9-4-3-8(7-16)6-10(9)11(13,14)15/h1-4,6H,5H2. The van der Waals surface area contributed by atoms with Crippen molar-refractivity contribution in [3.63, 3.8) is 0 Å². The van der Waals surface area contributed by atoms with E-state index in [1.54, 1.807) is 6.07 Å². The second-order valence-corrected chi connectivity index (χ2v) is 3.28. The Hall–Kier alpha value is -1.47. The predicted octanol–water partition coefficient (Wildman–Crippen LogP) is 3.83. The lowest BCUT2D eigenvalue weighted by molar-refractivity contribution is -0.137. The smallest absolute Gasteiger partial charge is 0.192 e. The van der Waals surface area contributed by atoms with E-state index in [1.807, 2.05) is 0 Å². The molecule has 1 nitrogen and oxygen atoms in total. The van der Waals surface area contributed by atoms with Crippen LogP contribution in [0.15, 0.2) is 24.3 Å². The maximum absolute atomic E-state index is 12.6. The predicted molar refractivity (Wildman–Crippen MR) is 55.9 cm³/mol. The van der Waals surface area contributed by atoms with E-state index in [0.29, 0.717) is 0 Å². The van der Waals surface area contributed by atoms with Gasteiger partial charge in [0.15, 0.2) is 0 Å². The summed E-state index contributed by atoms with van der Waals surface area (Å²) in [5.41, 5.74) is -0.838. The van der Waals surface area contributed by atoms with Gasteiger partial charge in [0.2, 0.25) is 0 Å². The van der Waals surface area contributed by atoms with Crippen LogP contribution in [-0.4, -0.2) is 5.88 Å². The first kappa shape index (κ1) is 12.6. The summed E-state index contributed by atoms with van der Waals surface area (Å²) in [7, 11) is 0. The second kappa shape index (κ2) is 5.04. The highest BCUT2D eigenvalue weighted by molar-refractivity contribution is 6.19. The number of nitriles is 1. The van der Waals surface area contributed by atoms with Gasteiger partial charge >= 0.3 is 6.18 Å². The third kappa shape index (κ3) is 3.01. The lowest BCUT2D eigenvalue weighted by Gasteiger charge is -2.10. The molecule has 16 heavy (non-hydrogen) atoms. The van der Waals surface area contributed by atoms with Gasteiger partial charge in [0.05, 0.1) is 17.2 Å². The van der Waals surface area contributed by atoms with Crippen molar-refractivity contribution < 1.29 is 13.2 Å². The minimum atomic E-state index is -4.47. The Morgan fingerprint density at radius 3 is 2.56 bits per heavy atom. The van der Waals surface area contributed by atoms with Crippen molar-refractivity contribution in [3.05, 3.63) is 41.0 Å². The lowest BCUT2D eigenvalue weighted by Crippen LogP contribution is -2.07. The molecular formula is C11H7ClF3N. The van der Waals surface area contributed by atoms with Crippen LogP contribution < -0.4 is 0 Å². The highest BCUT2D eigenvalue weighted by Crippen LogP contribution is 2.33. The molecular weight excluding hydrogens is 239 g/mol. The molecule has 1 rings (SSSR count). The molecule has 0 N–H and O–H groups in total. The number of alkyl halides is 4. The molecule has 0 saturated carbocycles. The van der Waals surface area contributed by atoms with Crippen molar-refractivity contribution in [3.8, 4) is 6.07 Å². The third-order valence-electron chi connectivity index (χ3n) is 1.87. The summed E-state index contributed by atoms with van der Waals surface area (Å²) >= 11 is 5.36. The van der Waals surface area contributed by atoms with Gasteiger partial charge in [-0.15, -0.1) is 11.6 Å². The maximum Gasteiger partial charge on any atom is 0.417 e. The molecule has 0 bridgehead atoms. The summed E-state index contributed by atoms with van der Waals surface area (Å²) in [6, 6.07) is 5.09. The number of halogens is 4. The fraction of sp³-hybridized carbons (Fsp3) is 0.182. The summed E-state index contributed by atoms with van der Waals surface area (Å²) in [5, 5.41) is 8.54. The number of hydrogen-bond donors (Lipinski definition) is 0. The molecule has 0 fully saturated rings. The van der Waals surface area contributed by atoms with Crippen LogP contribution in [0.2, 0.25) is 0 Å². The number of allylic oxidation sites excluding steroid dienone is 1. The van der Waals surface area contributed by atoms with Gasteiger partial charge in [-0.3, -0.25) is 0 Å². The SMILES string of the molecule is N#Cc1ccc(C=CCCl)c(C(F)(F)F)c1. The van der Waals surface area contributed by atoms with E-state index in [2.05, 4.69) is 0 Å². The van der Waals surface area contributed by atoms with E-state index in [1.165, 1.54) is 24.3 Å². The van der Waals surface area contributed by atoms with Crippen LogP contribution in [0.1, 0.15) is 16.7 Å². The first-order valence-corrected chi connectivity index (χ1v) is 4.86. The van der Waals surface area contributed by atoms with Crippen molar-refractivity contribution >= 4 is 17.7 Å². The normalized spacial score (nSPS) is 11.7. The molecule has 1 aromatic rings. The molecule has 0 aliphatic carbocycles. The van der Waals surface area contributed by atoms with Gasteiger partial charge in [-0.25, -0.2) is 0 Å². The molecule has 1 aromatic carbocycles. The molecule has 0 atom stereocenters. The summed E-state index contributed by atoms with van der Waals surface area (Å²) < 4.78 is 37.8. The largest absolute Gasteiger partial charge is 0.417 e. The fourth-order valence-corrected chi connectivity index (χ4v) is 1.28. The van der Waals surface area contributed by atoms with E-state index in [-0.39, 0.29) is 17.0 Å². The number of rotatable bonds is 2. The van der Waals surface area contributed by atoms with Gasteiger partial charge in [0.1, 0.15) is 0 Å². The Labute approximate surface area is 95.8 Å². The van der Waals surface area contributed by atoms with Crippen LogP contribution >= 0.6 is 11.6 Å². The van der Waals surface area contributed by atoms with Crippen LogP contribution in [0.3, 0.4) is 0 Å². The van der Waals surface area contributed by atoms with Gasteiger partial charge in [-0.05, 0) is 17.7 Å². The molecule has 0 amide bonds. The van der Waals surface area contributed by atoms with Crippen molar-refractivity contribution in [1.82, 2.24) is 0 Å². The Kier molecular flexibility index (Phi) is 3.97. The van der Waals surface area contributed by atoms with Gasteiger partial charge in [0, 0.05) is 5.88 Å². The third-order valence-corrected chi connectivity index (χ3v) is 2.05. The van der Waals surface area contributed by atoms with Crippen molar-refractivity contribution in [2.75, 3.05) is 5.88 Å². The molecule has 0 saturated heterocycles. The van der Waals surface area contributed by atoms with Crippen LogP contribution in [-0.2, 0) is 6.18 Å². The molecule has 0 aliphatic rings. The summed E-state index contributed by atoms with van der Waals surface area (Å²) in [6.45, 7) is 0. The van der Waals surface area contributed by atoms with Crippen LogP contribution in [0, 0.1) is 11.3 Å². The van der Waals surface area contributed by atoms with Crippen molar-refractivity contribution in [2.45, 2.75) is 6.18 Å². The minimum Gasteiger partial charge on any atom is -0.192 e. The van der Waals surface area contributed by atoms with Crippen LogP contribution in [0.5, 0.6) is 0 Å². The second-order valence-electron chi connectivity index (χ2n) is 2.97. The Morgan fingerprint density at radius 1 is 1.38 bits per heavy atom. The number of hydrogen-bond acceptors (Lipinski definition) is 1. The summed E-state index contributed by atoms with van der Waals surface area (Å²) in [5.74, 6) is 0.136. The molecule has 0 spiro atoms. The molecule has 0 aliphatic heterocycles. The minimum absolute atomic E-state index is 0.00662. The van der Waals surface area contributed by atoms with Crippen molar-refractivity contribution in [1.29, 1.82) is 5.26 Å². The van der Waals surface area contributed by atoms with Crippen molar-refractivity contribution in [2.24, 2.45) is 0 Å². The van der Waals surface area contributed by atoms with Crippen LogP contribution in [0.4, 0.5) is 13.2 Å². The van der Waals surface area contributed by atoms with E-state index < -0.39 is 11.7 Å². The van der Waals surface area contributed by atoms with Gasteiger partial charge in [-0.2, -0.15) is 18.4 Å². The molecule has 0 aromatic heterocycles. The van der Waals surface area contributed by atoms with E-state index in [9.17, 15) is 13.2 Å². The average molecular weight is 246 g/mol. The summed E-state index contributed by atoms with van der Waals surface area (Å²) in [6.07, 6.45) is -1.77. The Bertz CT molecular complexity index is 444. The highest BCUT2D eigenvalue weighted by Gasteiger charge is 2.32. The van der Waals surface area contributed by atoms with E-state index in [0.717, 1.165) is 6.07 Å². The zero-order chi connectivity index (χ0) is 12.2. The first-order valence-electron chi connectivity index (χ1n) is 4.33. The van der Waals surface area contributed by atoms with E-state index >= 15 is 0 Å². The maximum atomic E-state index is 12.6. The zero-order valence-electron chi connectivity index (χ0n) is 8.05. The number of benzene rings is 1. The molecule has 0 heterocycles. The molecule has 5 heteroatoms. The molecule has 0 unspecified atom stereocenters. The fourth-order valence-electron chi connectivity index (χ4n) is 1.19. The Morgan fingerprint density at radius 2 is 2.06 bits per heavy atom. The average Bonchev–Trinajstić information content (AvgIpc) is 2.25. The van der Waals surface area contributed by atoms with Crippen LogP contribution in [0.25, 0.3) is 6.08 Å². The van der Waals surface area contributed by atoms with Gasteiger partial charge < -0.3 is 0 Å². The van der Waals surface area contributed by atoms with E-state index in [4.69, 9.17) is 16.9 Å². The van der Waals surface area contributed by atoms with Gasteiger partial charge in [0.25, 0.3) is 0 Å². The topological polar surface area (TPSA) is 23.8 Å². The molecule has 0 radical (unpaired) electrons. The number of nitrogens with zero attached hydrogens (tertiary/aromatic N) is 1. The first-order chi connectivity index (χ1) is 7.49. The summed E-state index contributed by atoms with van der Waals surface area (Å²) in [4.78, 5) is 0. The zero-order valence-corrected chi connectivity index (χ0v) is 8.81. The quantitative estimate of drug-likeness (QED) is 0.727. The Balaban J connectivity index is 3.29. The molecule has 84 valence electrons. The highest BCUT2D eigenvalue weighted by atomic mass is 35.5. The van der Waals surface area contributed by atoms with Gasteiger partial charge in [-0.1, -0.05) is 18.2 Å². The lowest BCUT2D eigenvalue weighted by atomic mass is 10.0.